The van der Waals surface area contributed by atoms with E-state index in [1.807, 2.05) is 19.0 Å². The third-order valence-electron chi connectivity index (χ3n) is 1.28. The molecule has 0 atom stereocenters. The van der Waals surface area contributed by atoms with Crippen LogP contribution < -0.4 is 0 Å². The Kier molecular flexibility index (Phi) is 5.15. The molecule has 0 saturated heterocycles. The van der Waals surface area contributed by atoms with Gasteiger partial charge in [-0.15, -0.1) is 5.06 Å². The minimum Gasteiger partial charge on any atom is -0.376 e. The zero-order chi connectivity index (χ0) is 8.85. The van der Waals surface area contributed by atoms with Gasteiger partial charge in [0, 0.05) is 27.2 Å². The van der Waals surface area contributed by atoms with E-state index in [1.54, 1.807) is 5.06 Å². The molecule has 66 valence electrons. The van der Waals surface area contributed by atoms with Gasteiger partial charge in [-0.05, 0) is 26.1 Å². The van der Waals surface area contributed by atoms with Crippen LogP contribution in [0.4, 0.5) is 0 Å². The van der Waals surface area contributed by atoms with Gasteiger partial charge in [0.15, 0.2) is 0 Å². The number of nitrogens with zero attached hydrogens (tertiary/aromatic N) is 2. The summed E-state index contributed by atoms with van der Waals surface area (Å²) in [5, 5.41) is 2.14. The van der Waals surface area contributed by atoms with Crippen molar-refractivity contribution in [3.05, 3.63) is 0 Å². The van der Waals surface area contributed by atoms with Gasteiger partial charge in [-0.3, -0.25) is 0 Å². The molecule has 3 nitrogen and oxygen atoms in total. The van der Waals surface area contributed by atoms with Crippen molar-refractivity contribution in [2.75, 3.05) is 27.2 Å². The second kappa shape index (κ2) is 5.32. The molecule has 0 unspecified atom stereocenters. The van der Waals surface area contributed by atoms with Gasteiger partial charge in [0.05, 0.1) is 0 Å². The van der Waals surface area contributed by atoms with Crippen molar-refractivity contribution in [1.82, 2.24) is 9.96 Å². The van der Waals surface area contributed by atoms with Gasteiger partial charge in [-0.2, -0.15) is 0 Å². The average Bonchev–Trinajstić information content (AvgIpc) is 1.88. The van der Waals surface area contributed by atoms with Crippen LogP contribution in [0.15, 0.2) is 0 Å². The zero-order valence-electron chi connectivity index (χ0n) is 7.63. The Morgan fingerprint density at radius 2 is 1.73 bits per heavy atom. The highest BCUT2D eigenvalue weighted by molar-refractivity contribution is 7.80. The molecule has 0 rings (SSSR count). The predicted molar refractivity (Wildman–Crippen MR) is 50.3 cm³/mol. The van der Waals surface area contributed by atoms with Crippen molar-refractivity contribution in [2.45, 2.75) is 13.8 Å². The lowest BCUT2D eigenvalue weighted by atomic mass is 10.6. The van der Waals surface area contributed by atoms with Crippen molar-refractivity contribution in [1.29, 1.82) is 0 Å². The van der Waals surface area contributed by atoms with Gasteiger partial charge in [0.1, 0.15) is 0 Å². The summed E-state index contributed by atoms with van der Waals surface area (Å²) in [6.07, 6.45) is 0. The van der Waals surface area contributed by atoms with E-state index in [4.69, 9.17) is 17.1 Å². The maximum Gasteiger partial charge on any atom is 0.281 e. The van der Waals surface area contributed by atoms with Crippen molar-refractivity contribution in [2.24, 2.45) is 0 Å². The third kappa shape index (κ3) is 4.16. The topological polar surface area (TPSA) is 15.7 Å². The van der Waals surface area contributed by atoms with E-state index in [0.717, 1.165) is 13.1 Å². The molecule has 11 heavy (non-hydrogen) atoms. The highest BCUT2D eigenvalue weighted by Crippen LogP contribution is 1.94. The van der Waals surface area contributed by atoms with Crippen LogP contribution in [-0.4, -0.2) is 42.3 Å². The van der Waals surface area contributed by atoms with Crippen LogP contribution in [0.5, 0.6) is 0 Å². The normalized spacial score (nSPS) is 9.91. The molecule has 0 aromatic rings. The molecule has 0 aliphatic rings. The number of hydrogen-bond donors (Lipinski definition) is 0. The second-order valence-electron chi connectivity index (χ2n) is 2.34. The van der Waals surface area contributed by atoms with Crippen LogP contribution >= 0.6 is 12.2 Å². The van der Waals surface area contributed by atoms with E-state index in [0.29, 0.717) is 5.17 Å². The predicted octanol–water partition coefficient (Wildman–Crippen LogP) is 1.11. The third-order valence-corrected chi connectivity index (χ3v) is 1.62. The van der Waals surface area contributed by atoms with E-state index in [-0.39, 0.29) is 0 Å². The lowest BCUT2D eigenvalue weighted by Crippen LogP contribution is -2.34. The molecule has 0 fully saturated rings. The number of thiocarbonyl (C=S) groups is 1. The molecular formula is C7H16N2OS. The minimum absolute atomic E-state index is 0.542. The fourth-order valence-corrected chi connectivity index (χ4v) is 1.10. The number of hydrogen-bond acceptors (Lipinski definition) is 3. The second-order valence-corrected chi connectivity index (χ2v) is 2.69. The van der Waals surface area contributed by atoms with Crippen molar-refractivity contribution < 1.29 is 4.84 Å². The molecule has 0 amide bonds. The van der Waals surface area contributed by atoms with Gasteiger partial charge in [0.2, 0.25) is 0 Å². The molecule has 0 heterocycles. The van der Waals surface area contributed by atoms with E-state index in [1.165, 1.54) is 0 Å². The van der Waals surface area contributed by atoms with Gasteiger partial charge in [-0.25, -0.2) is 0 Å². The highest BCUT2D eigenvalue weighted by Gasteiger charge is 2.06. The van der Waals surface area contributed by atoms with Crippen molar-refractivity contribution in [3.8, 4) is 0 Å². The first kappa shape index (κ1) is 10.7. The number of rotatable bonds is 3. The Morgan fingerprint density at radius 1 is 1.27 bits per heavy atom. The van der Waals surface area contributed by atoms with Crippen molar-refractivity contribution in [3.63, 3.8) is 0 Å². The molecule has 0 bridgehead atoms. The summed E-state index contributed by atoms with van der Waals surface area (Å²) >= 11 is 5.01. The Bertz CT molecular complexity index is 124. The Morgan fingerprint density at radius 3 is 2.00 bits per heavy atom. The summed E-state index contributed by atoms with van der Waals surface area (Å²) in [4.78, 5) is 7.17. The molecule has 0 aliphatic carbocycles. The van der Waals surface area contributed by atoms with Crippen LogP contribution in [0, 0.1) is 0 Å². The largest absolute Gasteiger partial charge is 0.376 e. The Balaban J connectivity index is 3.79. The first-order chi connectivity index (χ1) is 5.11. The van der Waals surface area contributed by atoms with E-state index >= 15 is 0 Å². The fourth-order valence-electron chi connectivity index (χ4n) is 0.696. The summed E-state index contributed by atoms with van der Waals surface area (Å²) in [6, 6.07) is 0. The molecule has 0 aliphatic heterocycles. The zero-order valence-corrected chi connectivity index (χ0v) is 8.44. The smallest absolute Gasteiger partial charge is 0.281 e. The van der Waals surface area contributed by atoms with Gasteiger partial charge in [-0.1, -0.05) is 0 Å². The first-order valence-electron chi connectivity index (χ1n) is 3.76. The SMILES string of the molecule is CCN(CC)C(=S)ON(C)C. The lowest BCUT2D eigenvalue weighted by molar-refractivity contribution is -0.0311. The molecule has 0 radical (unpaired) electrons. The van der Waals surface area contributed by atoms with Crippen LogP contribution in [0.25, 0.3) is 0 Å². The van der Waals surface area contributed by atoms with Crippen molar-refractivity contribution >= 4 is 17.4 Å². The molecule has 0 aromatic heterocycles. The van der Waals surface area contributed by atoms with Gasteiger partial charge < -0.3 is 9.74 Å². The molecule has 4 heteroatoms. The van der Waals surface area contributed by atoms with Gasteiger partial charge in [0.25, 0.3) is 5.17 Å². The van der Waals surface area contributed by atoms with Crippen LogP contribution in [-0.2, 0) is 4.84 Å². The lowest BCUT2D eigenvalue weighted by Gasteiger charge is -2.23. The fraction of sp³-hybridized carbons (Fsp3) is 0.857. The summed E-state index contributed by atoms with van der Waals surface area (Å²) in [5.41, 5.74) is 0. The Labute approximate surface area is 73.9 Å². The minimum atomic E-state index is 0.542. The number of hydroxylamine groups is 2. The van der Waals surface area contributed by atoms with Crippen LogP contribution in [0.3, 0.4) is 0 Å². The summed E-state index contributed by atoms with van der Waals surface area (Å²) < 4.78 is 0. The quantitative estimate of drug-likeness (QED) is 0.472. The van der Waals surface area contributed by atoms with E-state index < -0.39 is 0 Å². The van der Waals surface area contributed by atoms with Crippen LogP contribution in [0.2, 0.25) is 0 Å². The highest BCUT2D eigenvalue weighted by atomic mass is 32.1. The molecular weight excluding hydrogens is 160 g/mol. The first-order valence-corrected chi connectivity index (χ1v) is 4.16. The molecule has 0 aromatic carbocycles. The van der Waals surface area contributed by atoms with Gasteiger partial charge >= 0.3 is 0 Å². The summed E-state index contributed by atoms with van der Waals surface area (Å²) in [5.74, 6) is 0. The average molecular weight is 176 g/mol. The van der Waals surface area contributed by atoms with Crippen LogP contribution in [0.1, 0.15) is 13.8 Å². The summed E-state index contributed by atoms with van der Waals surface area (Å²) in [6.45, 7) is 5.88. The summed E-state index contributed by atoms with van der Waals surface area (Å²) in [7, 11) is 3.63. The monoisotopic (exact) mass is 176 g/mol. The van der Waals surface area contributed by atoms with E-state index in [2.05, 4.69) is 13.8 Å². The molecule has 0 saturated carbocycles. The van der Waals surface area contributed by atoms with E-state index in [9.17, 15) is 0 Å². The molecule has 0 N–H and O–H groups in total. The maximum atomic E-state index is 5.18. The maximum absolute atomic E-state index is 5.18. The standard InChI is InChI=1S/C7H16N2OS/c1-5-9(6-2)7(11)10-8(3)4/h5-6H2,1-4H3. The molecule has 0 spiro atoms. The Hall–Kier alpha value is -0.350.